The standard InChI is InChI=1S/C12H12ClF3N.ClH/c13-11-4-3-8(6-10(11)12(14,15)16)17-5-1-2-9(17)7-17;/h3-4,6,9H,1-2,5,7H2;1H/q+1;/t9-,17-;/m0./s1. The van der Waals surface area contributed by atoms with E-state index < -0.39 is 11.7 Å². The van der Waals surface area contributed by atoms with Crippen LogP contribution in [0.1, 0.15) is 18.4 Å². The summed E-state index contributed by atoms with van der Waals surface area (Å²) in [5.41, 5.74) is 0.0611. The maximum absolute atomic E-state index is 12.8. The van der Waals surface area contributed by atoms with Crippen molar-refractivity contribution in [3.63, 3.8) is 0 Å². The Labute approximate surface area is 115 Å². The van der Waals surface area contributed by atoms with Gasteiger partial charge in [0.15, 0.2) is 0 Å². The molecule has 2 fully saturated rings. The summed E-state index contributed by atoms with van der Waals surface area (Å²) >= 11 is 5.62. The van der Waals surface area contributed by atoms with E-state index >= 15 is 0 Å². The highest BCUT2D eigenvalue weighted by Crippen LogP contribution is 2.48. The summed E-state index contributed by atoms with van der Waals surface area (Å²) in [6, 6.07) is 4.88. The summed E-state index contributed by atoms with van der Waals surface area (Å²) in [4.78, 5) is 0. The Morgan fingerprint density at radius 1 is 1.28 bits per heavy atom. The summed E-state index contributed by atoms with van der Waals surface area (Å²) in [6.07, 6.45) is -2.13. The first-order chi connectivity index (χ1) is 7.93. The lowest BCUT2D eigenvalue weighted by Gasteiger charge is -2.17. The Morgan fingerprint density at radius 3 is 2.50 bits per heavy atom. The third-order valence-electron chi connectivity index (χ3n) is 3.97. The van der Waals surface area contributed by atoms with E-state index in [0.29, 0.717) is 6.04 Å². The minimum Gasteiger partial charge on any atom is -0.279 e. The van der Waals surface area contributed by atoms with Crippen LogP contribution in [0.2, 0.25) is 5.02 Å². The molecular weight excluding hydrogens is 286 g/mol. The molecular formula is C12H13Cl2F3N+. The molecule has 1 nitrogen and oxygen atoms in total. The number of quaternary nitrogens is 1. The van der Waals surface area contributed by atoms with E-state index in [0.717, 1.165) is 36.1 Å². The van der Waals surface area contributed by atoms with Gasteiger partial charge in [-0.25, -0.2) is 0 Å². The van der Waals surface area contributed by atoms with E-state index in [1.54, 1.807) is 6.07 Å². The first-order valence-electron chi connectivity index (χ1n) is 5.67. The van der Waals surface area contributed by atoms with Gasteiger partial charge >= 0.3 is 6.18 Å². The fourth-order valence-corrected chi connectivity index (χ4v) is 3.23. The highest BCUT2D eigenvalue weighted by Gasteiger charge is 2.60. The van der Waals surface area contributed by atoms with Gasteiger partial charge < -0.3 is 0 Å². The normalized spacial score (nSPS) is 29.7. The molecule has 2 saturated heterocycles. The molecule has 2 aliphatic heterocycles. The van der Waals surface area contributed by atoms with Gasteiger partial charge in [-0.2, -0.15) is 13.2 Å². The van der Waals surface area contributed by atoms with Crippen LogP contribution in [-0.4, -0.2) is 19.1 Å². The predicted molar refractivity (Wildman–Crippen MR) is 68.3 cm³/mol. The van der Waals surface area contributed by atoms with Gasteiger partial charge in [-0.3, -0.25) is 4.48 Å². The average molecular weight is 299 g/mol. The maximum Gasteiger partial charge on any atom is 0.418 e. The van der Waals surface area contributed by atoms with Crippen molar-refractivity contribution < 1.29 is 13.2 Å². The summed E-state index contributed by atoms with van der Waals surface area (Å²) in [5.74, 6) is 0. The van der Waals surface area contributed by atoms with Gasteiger partial charge in [0.1, 0.15) is 18.3 Å². The van der Waals surface area contributed by atoms with E-state index in [2.05, 4.69) is 0 Å². The third kappa shape index (κ3) is 2.00. The first-order valence-corrected chi connectivity index (χ1v) is 6.05. The van der Waals surface area contributed by atoms with Crippen LogP contribution in [0, 0.1) is 0 Å². The molecule has 0 spiro atoms. The molecule has 100 valence electrons. The lowest BCUT2D eigenvalue weighted by atomic mass is 10.2. The Kier molecular flexibility index (Phi) is 3.33. The van der Waals surface area contributed by atoms with Crippen molar-refractivity contribution in [3.8, 4) is 0 Å². The molecule has 18 heavy (non-hydrogen) atoms. The number of piperidine rings is 1. The van der Waals surface area contributed by atoms with Gasteiger partial charge in [0.05, 0.1) is 17.1 Å². The van der Waals surface area contributed by atoms with Gasteiger partial charge in [-0.1, -0.05) is 11.6 Å². The van der Waals surface area contributed by atoms with Crippen LogP contribution in [0.3, 0.4) is 0 Å². The average Bonchev–Trinajstić information content (AvgIpc) is 2.80. The fourth-order valence-electron chi connectivity index (χ4n) is 3.00. The molecule has 0 aromatic heterocycles. The van der Waals surface area contributed by atoms with Crippen molar-refractivity contribution in [1.29, 1.82) is 0 Å². The van der Waals surface area contributed by atoms with Crippen LogP contribution in [0.25, 0.3) is 0 Å². The van der Waals surface area contributed by atoms with Crippen molar-refractivity contribution in [3.05, 3.63) is 28.8 Å². The SMILES string of the molecule is Cl.FC(F)(F)c1cc([N@@+]23CCC[C@H]2C3)ccc1Cl. The van der Waals surface area contributed by atoms with Crippen molar-refractivity contribution in [2.24, 2.45) is 0 Å². The zero-order valence-electron chi connectivity index (χ0n) is 9.51. The molecule has 0 amide bonds. The number of halogens is 5. The molecule has 1 aromatic rings. The molecule has 6 heteroatoms. The monoisotopic (exact) mass is 298 g/mol. The molecule has 1 aromatic carbocycles. The van der Waals surface area contributed by atoms with Crippen molar-refractivity contribution >= 4 is 29.7 Å². The van der Waals surface area contributed by atoms with Gasteiger partial charge in [0.2, 0.25) is 0 Å². The number of fused-ring (bicyclic) bond motifs is 1. The zero-order valence-corrected chi connectivity index (χ0v) is 11.1. The van der Waals surface area contributed by atoms with Gasteiger partial charge in [0.25, 0.3) is 0 Å². The molecule has 0 unspecified atom stereocenters. The maximum atomic E-state index is 12.8. The third-order valence-corrected chi connectivity index (χ3v) is 4.30. The van der Waals surface area contributed by atoms with Crippen LogP contribution >= 0.6 is 24.0 Å². The molecule has 0 aliphatic carbocycles. The Bertz CT molecular complexity index is 475. The highest BCUT2D eigenvalue weighted by atomic mass is 35.5. The van der Waals surface area contributed by atoms with Crippen molar-refractivity contribution in [2.45, 2.75) is 25.1 Å². The number of nitrogens with zero attached hydrogens (tertiary/aromatic N) is 1. The zero-order chi connectivity index (χ0) is 12.3. The van der Waals surface area contributed by atoms with E-state index in [9.17, 15) is 13.2 Å². The minimum atomic E-state index is -4.36. The number of hydrogen-bond donors (Lipinski definition) is 0. The summed E-state index contributed by atoms with van der Waals surface area (Å²) in [6.45, 7) is 1.95. The molecule has 2 atom stereocenters. The van der Waals surface area contributed by atoms with E-state index in [-0.39, 0.29) is 17.4 Å². The van der Waals surface area contributed by atoms with Gasteiger partial charge in [0, 0.05) is 25.0 Å². The molecule has 0 saturated carbocycles. The number of hydrogen-bond acceptors (Lipinski definition) is 0. The smallest absolute Gasteiger partial charge is 0.279 e. The molecule has 3 rings (SSSR count). The second-order valence-electron chi connectivity index (χ2n) is 4.90. The Balaban J connectivity index is 0.00000120. The first kappa shape index (κ1) is 14.0. The fraction of sp³-hybridized carbons (Fsp3) is 0.500. The molecule has 2 heterocycles. The summed E-state index contributed by atoms with van der Waals surface area (Å²) < 4.78 is 39.0. The Hall–Kier alpha value is -0.450. The van der Waals surface area contributed by atoms with Crippen LogP contribution in [0.15, 0.2) is 18.2 Å². The highest BCUT2D eigenvalue weighted by molar-refractivity contribution is 6.31. The predicted octanol–water partition coefficient (Wildman–Crippen LogP) is 4.26. The van der Waals surface area contributed by atoms with E-state index in [4.69, 9.17) is 11.6 Å². The molecule has 0 bridgehead atoms. The van der Waals surface area contributed by atoms with Gasteiger partial charge in [-0.05, 0) is 6.07 Å². The second-order valence-corrected chi connectivity index (χ2v) is 5.31. The minimum absolute atomic E-state index is 0. The van der Waals surface area contributed by atoms with E-state index in [1.165, 1.54) is 12.1 Å². The molecule has 2 aliphatic rings. The summed E-state index contributed by atoms with van der Waals surface area (Å²) in [7, 11) is 0. The lowest BCUT2D eigenvalue weighted by Crippen LogP contribution is -2.25. The largest absolute Gasteiger partial charge is 0.418 e. The number of rotatable bonds is 1. The topological polar surface area (TPSA) is 0 Å². The second kappa shape index (κ2) is 4.29. The van der Waals surface area contributed by atoms with E-state index in [1.807, 2.05) is 0 Å². The van der Waals surface area contributed by atoms with Gasteiger partial charge in [-0.15, -0.1) is 12.4 Å². The van der Waals surface area contributed by atoms with Crippen LogP contribution < -0.4 is 4.48 Å². The lowest BCUT2D eigenvalue weighted by molar-refractivity contribution is -0.137. The molecule has 0 radical (unpaired) electrons. The molecule has 0 N–H and O–H groups in total. The Morgan fingerprint density at radius 2 is 2.00 bits per heavy atom. The number of benzene rings is 1. The van der Waals surface area contributed by atoms with Crippen molar-refractivity contribution in [1.82, 2.24) is 4.48 Å². The number of alkyl halides is 3. The van der Waals surface area contributed by atoms with Crippen LogP contribution in [0.5, 0.6) is 0 Å². The van der Waals surface area contributed by atoms with Crippen molar-refractivity contribution in [2.75, 3.05) is 13.1 Å². The van der Waals surface area contributed by atoms with Crippen LogP contribution in [-0.2, 0) is 6.18 Å². The quantitative estimate of drug-likeness (QED) is 0.537. The van der Waals surface area contributed by atoms with Crippen LogP contribution in [0.4, 0.5) is 18.9 Å². The summed E-state index contributed by atoms with van der Waals surface area (Å²) in [5, 5.41) is -0.211.